The van der Waals surface area contributed by atoms with E-state index in [4.69, 9.17) is 4.74 Å². The van der Waals surface area contributed by atoms with Gasteiger partial charge in [-0.25, -0.2) is 13.4 Å². The largest absolute Gasteiger partial charge is 0.501 e. The molecule has 0 atom stereocenters. The highest BCUT2D eigenvalue weighted by atomic mass is 32.2. The molecule has 0 unspecified atom stereocenters. The Kier molecular flexibility index (Phi) is 6.49. The number of anilines is 1. The van der Waals surface area contributed by atoms with E-state index in [0.717, 1.165) is 31.5 Å². The fourth-order valence-corrected chi connectivity index (χ4v) is 2.82. The minimum absolute atomic E-state index is 0.137. The van der Waals surface area contributed by atoms with Gasteiger partial charge in [-0.1, -0.05) is 0 Å². The highest BCUT2D eigenvalue weighted by molar-refractivity contribution is 7.92. The van der Waals surface area contributed by atoms with Crippen molar-refractivity contribution in [1.82, 2.24) is 4.98 Å². The summed E-state index contributed by atoms with van der Waals surface area (Å²) in [7, 11) is -4.54. The molecule has 1 N–H and O–H groups in total. The molecule has 2 rings (SSSR count). The number of rotatable bonds is 6. The fraction of sp³-hybridized carbons (Fsp3) is 0.250. The van der Waals surface area contributed by atoms with Crippen molar-refractivity contribution in [3.05, 3.63) is 42.1 Å². The zero-order valence-electron chi connectivity index (χ0n) is 14.8. The molecule has 0 aliphatic heterocycles. The molecule has 164 valence electrons. The maximum Gasteiger partial charge on any atom is 0.501 e. The van der Waals surface area contributed by atoms with Crippen molar-refractivity contribution in [2.75, 3.05) is 19.0 Å². The Balaban J connectivity index is 2.24. The molecule has 0 saturated carbocycles. The number of sulfone groups is 1. The lowest BCUT2D eigenvalue weighted by molar-refractivity contribution is -0.154. The molecule has 0 aliphatic rings. The van der Waals surface area contributed by atoms with Crippen LogP contribution in [0.15, 0.2) is 41.4 Å². The summed E-state index contributed by atoms with van der Waals surface area (Å²) in [6.45, 7) is -1.59. The van der Waals surface area contributed by atoms with E-state index in [0.29, 0.717) is 12.1 Å². The van der Waals surface area contributed by atoms with Gasteiger partial charge in [-0.05, 0) is 24.3 Å². The van der Waals surface area contributed by atoms with Gasteiger partial charge in [0, 0.05) is 12.3 Å². The second-order valence-corrected chi connectivity index (χ2v) is 7.50. The van der Waals surface area contributed by atoms with Gasteiger partial charge < -0.3 is 14.8 Å². The molecular formula is C16H12F6N2O5S. The van der Waals surface area contributed by atoms with Gasteiger partial charge in [0.25, 0.3) is 15.7 Å². The SMILES string of the molecule is COc1ccc(S(=O)(=O)C(F)(F)F)cc1NC(=O)c1ccc(OCC(F)(F)F)nc1. The van der Waals surface area contributed by atoms with Crippen LogP contribution in [-0.2, 0) is 9.84 Å². The van der Waals surface area contributed by atoms with Crippen LogP contribution in [0.1, 0.15) is 10.4 Å². The first kappa shape index (κ1) is 23.3. The number of pyridine rings is 1. The lowest BCUT2D eigenvalue weighted by atomic mass is 10.2. The summed E-state index contributed by atoms with van der Waals surface area (Å²) in [4.78, 5) is 14.7. The number of benzene rings is 1. The number of carbonyl (C=O) groups is 1. The van der Waals surface area contributed by atoms with Crippen LogP contribution in [0.25, 0.3) is 0 Å². The predicted octanol–water partition coefficient (Wildman–Crippen LogP) is 3.58. The van der Waals surface area contributed by atoms with Crippen LogP contribution in [0.5, 0.6) is 11.6 Å². The van der Waals surface area contributed by atoms with Gasteiger partial charge in [-0.2, -0.15) is 26.3 Å². The number of hydrogen-bond acceptors (Lipinski definition) is 6. The molecule has 0 fully saturated rings. The van der Waals surface area contributed by atoms with Gasteiger partial charge in [-0.3, -0.25) is 4.79 Å². The maximum atomic E-state index is 12.7. The van der Waals surface area contributed by atoms with Crippen molar-refractivity contribution in [2.24, 2.45) is 0 Å². The third kappa shape index (κ3) is 5.52. The van der Waals surface area contributed by atoms with Crippen molar-refractivity contribution in [2.45, 2.75) is 16.6 Å². The molecule has 0 bridgehead atoms. The summed E-state index contributed by atoms with van der Waals surface area (Å²) in [6.07, 6.45) is -3.72. The van der Waals surface area contributed by atoms with Gasteiger partial charge in [-0.15, -0.1) is 0 Å². The van der Waals surface area contributed by atoms with Crippen LogP contribution in [-0.4, -0.2) is 44.7 Å². The molecule has 1 amide bonds. The molecule has 1 aromatic carbocycles. The molecule has 0 radical (unpaired) electrons. The molecule has 1 heterocycles. The van der Waals surface area contributed by atoms with Crippen LogP contribution in [0.4, 0.5) is 32.0 Å². The summed E-state index contributed by atoms with van der Waals surface area (Å²) in [6, 6.07) is 4.17. The summed E-state index contributed by atoms with van der Waals surface area (Å²) in [5.74, 6) is -1.49. The number of halogens is 6. The number of nitrogens with zero attached hydrogens (tertiary/aromatic N) is 1. The second kappa shape index (κ2) is 8.38. The third-order valence-electron chi connectivity index (χ3n) is 3.42. The fourth-order valence-electron chi connectivity index (χ4n) is 2.04. The first-order chi connectivity index (χ1) is 13.7. The van der Waals surface area contributed by atoms with E-state index in [2.05, 4.69) is 15.0 Å². The topological polar surface area (TPSA) is 94.6 Å². The average molecular weight is 458 g/mol. The lowest BCUT2D eigenvalue weighted by Crippen LogP contribution is -2.23. The van der Waals surface area contributed by atoms with E-state index >= 15 is 0 Å². The van der Waals surface area contributed by atoms with Crippen molar-refractivity contribution >= 4 is 21.4 Å². The number of amides is 1. The van der Waals surface area contributed by atoms with Crippen LogP contribution < -0.4 is 14.8 Å². The standard InChI is InChI=1S/C16H12F6N2O5S/c1-28-12-4-3-10(30(26,27)16(20,21)22)6-11(12)24-14(25)9-2-5-13(23-7-9)29-8-15(17,18)19/h2-7H,8H2,1H3,(H,24,25). The number of nitrogens with one attached hydrogen (secondary N) is 1. The van der Waals surface area contributed by atoms with Gasteiger partial charge in [0.05, 0.1) is 23.3 Å². The Morgan fingerprint density at radius 3 is 2.27 bits per heavy atom. The van der Waals surface area contributed by atoms with Crippen molar-refractivity contribution in [3.63, 3.8) is 0 Å². The molecule has 0 saturated heterocycles. The molecule has 14 heteroatoms. The first-order valence-electron chi connectivity index (χ1n) is 7.71. The summed E-state index contributed by atoms with van der Waals surface area (Å²) in [5, 5.41) is 2.16. The monoisotopic (exact) mass is 458 g/mol. The molecule has 0 aliphatic carbocycles. The van der Waals surface area contributed by atoms with E-state index < -0.39 is 44.8 Å². The molecule has 30 heavy (non-hydrogen) atoms. The number of aromatic nitrogens is 1. The third-order valence-corrected chi connectivity index (χ3v) is 4.90. The average Bonchev–Trinajstić information content (AvgIpc) is 2.65. The van der Waals surface area contributed by atoms with Crippen LogP contribution in [0, 0.1) is 0 Å². The first-order valence-corrected chi connectivity index (χ1v) is 9.19. The number of methoxy groups -OCH3 is 1. The number of carbonyl (C=O) groups excluding carboxylic acids is 1. The van der Waals surface area contributed by atoms with E-state index in [1.165, 1.54) is 0 Å². The van der Waals surface area contributed by atoms with Gasteiger partial charge >= 0.3 is 11.7 Å². The summed E-state index contributed by atoms with van der Waals surface area (Å²) < 4.78 is 107. The van der Waals surface area contributed by atoms with Crippen LogP contribution in [0.3, 0.4) is 0 Å². The Hall–Kier alpha value is -3.03. The highest BCUT2D eigenvalue weighted by Crippen LogP contribution is 2.34. The smallest absolute Gasteiger partial charge is 0.495 e. The molecule has 1 aromatic heterocycles. The Bertz CT molecular complexity index is 1020. The number of ether oxygens (including phenoxy) is 2. The predicted molar refractivity (Wildman–Crippen MR) is 90.0 cm³/mol. The Labute approximate surface area is 165 Å². The van der Waals surface area contributed by atoms with Crippen LogP contribution >= 0.6 is 0 Å². The van der Waals surface area contributed by atoms with Crippen LogP contribution in [0.2, 0.25) is 0 Å². The quantitative estimate of drug-likeness (QED) is 0.666. The number of alkyl halides is 6. The van der Waals surface area contributed by atoms with Crippen molar-refractivity contribution in [1.29, 1.82) is 0 Å². The second-order valence-electron chi connectivity index (χ2n) is 5.55. The molecule has 0 spiro atoms. The Morgan fingerprint density at radius 1 is 1.10 bits per heavy atom. The Morgan fingerprint density at radius 2 is 1.77 bits per heavy atom. The van der Waals surface area contributed by atoms with E-state index in [-0.39, 0.29) is 17.0 Å². The van der Waals surface area contributed by atoms with E-state index in [1.807, 2.05) is 0 Å². The van der Waals surface area contributed by atoms with Gasteiger partial charge in [0.15, 0.2) is 6.61 Å². The number of hydrogen-bond donors (Lipinski definition) is 1. The maximum absolute atomic E-state index is 12.7. The zero-order valence-corrected chi connectivity index (χ0v) is 15.7. The van der Waals surface area contributed by atoms with E-state index in [9.17, 15) is 39.6 Å². The van der Waals surface area contributed by atoms with Gasteiger partial charge in [0.2, 0.25) is 5.88 Å². The van der Waals surface area contributed by atoms with Crippen molar-refractivity contribution < 1.29 is 49.0 Å². The summed E-state index contributed by atoms with van der Waals surface area (Å²) >= 11 is 0. The van der Waals surface area contributed by atoms with Crippen molar-refractivity contribution in [3.8, 4) is 11.6 Å². The normalized spacial score (nSPS) is 12.4. The molecule has 7 nitrogen and oxygen atoms in total. The molecular weight excluding hydrogens is 446 g/mol. The van der Waals surface area contributed by atoms with Gasteiger partial charge in [0.1, 0.15) is 5.75 Å². The van der Waals surface area contributed by atoms with E-state index in [1.54, 1.807) is 0 Å². The highest BCUT2D eigenvalue weighted by Gasteiger charge is 2.47. The molecule has 2 aromatic rings. The summed E-state index contributed by atoms with van der Waals surface area (Å²) in [5.41, 5.74) is -6.13. The minimum Gasteiger partial charge on any atom is -0.495 e. The zero-order chi connectivity index (χ0) is 22.7. The lowest BCUT2D eigenvalue weighted by Gasteiger charge is -2.14. The minimum atomic E-state index is -5.68.